The standard InChI is InChI=1S/C18H26N2O.ClH/c1-12-3-7-15(8-4-12)20(16-9-10-16)18(21)17-11-14(19)6-5-13(17)2;/h5-6,11-12,15-16H,3-4,7-10,19H2,1-2H3;1H. The van der Waals surface area contributed by atoms with Crippen molar-refractivity contribution in [1.29, 1.82) is 0 Å². The fourth-order valence-electron chi connectivity index (χ4n) is 3.51. The van der Waals surface area contributed by atoms with Gasteiger partial charge >= 0.3 is 0 Å². The van der Waals surface area contributed by atoms with Gasteiger partial charge in [0, 0.05) is 23.3 Å². The molecule has 22 heavy (non-hydrogen) atoms. The van der Waals surface area contributed by atoms with Crippen molar-refractivity contribution in [2.75, 3.05) is 5.73 Å². The smallest absolute Gasteiger partial charge is 0.254 e. The highest BCUT2D eigenvalue weighted by Crippen LogP contribution is 2.36. The molecule has 3 nitrogen and oxygen atoms in total. The Labute approximate surface area is 139 Å². The monoisotopic (exact) mass is 322 g/mol. The molecule has 0 bridgehead atoms. The summed E-state index contributed by atoms with van der Waals surface area (Å²) in [6.07, 6.45) is 7.14. The molecule has 0 atom stereocenters. The van der Waals surface area contributed by atoms with Crippen LogP contribution in [0.25, 0.3) is 0 Å². The SMILES string of the molecule is Cc1ccc(N)cc1C(=O)N(C1CCC(C)CC1)C1CC1.Cl. The number of benzene rings is 1. The van der Waals surface area contributed by atoms with E-state index in [-0.39, 0.29) is 18.3 Å². The predicted molar refractivity (Wildman–Crippen MR) is 93.5 cm³/mol. The number of hydrogen-bond acceptors (Lipinski definition) is 2. The highest BCUT2D eigenvalue weighted by Gasteiger charge is 2.39. The molecule has 3 rings (SSSR count). The maximum atomic E-state index is 13.1. The first-order chi connectivity index (χ1) is 10.1. The Bertz CT molecular complexity index is 534. The Hall–Kier alpha value is -1.22. The number of carbonyl (C=O) groups is 1. The van der Waals surface area contributed by atoms with Crippen molar-refractivity contribution >= 4 is 24.0 Å². The summed E-state index contributed by atoms with van der Waals surface area (Å²) in [5, 5.41) is 0. The molecule has 2 aliphatic carbocycles. The molecule has 2 aliphatic rings. The quantitative estimate of drug-likeness (QED) is 0.848. The van der Waals surface area contributed by atoms with Crippen LogP contribution in [0.3, 0.4) is 0 Å². The Balaban J connectivity index is 0.00000176. The van der Waals surface area contributed by atoms with Gasteiger partial charge in [-0.15, -0.1) is 12.4 Å². The minimum Gasteiger partial charge on any atom is -0.399 e. The number of hydrogen-bond donors (Lipinski definition) is 1. The van der Waals surface area contributed by atoms with Crippen molar-refractivity contribution in [2.45, 2.75) is 64.5 Å². The molecule has 122 valence electrons. The number of nitrogen functional groups attached to an aromatic ring is 1. The highest BCUT2D eigenvalue weighted by atomic mass is 35.5. The number of anilines is 1. The topological polar surface area (TPSA) is 46.3 Å². The molecule has 0 spiro atoms. The van der Waals surface area contributed by atoms with Gasteiger partial charge in [0.1, 0.15) is 0 Å². The van der Waals surface area contributed by atoms with Crippen molar-refractivity contribution in [2.24, 2.45) is 5.92 Å². The Kier molecular flexibility index (Phi) is 5.38. The highest BCUT2D eigenvalue weighted by molar-refractivity contribution is 5.97. The van der Waals surface area contributed by atoms with E-state index in [0.717, 1.165) is 29.9 Å². The maximum Gasteiger partial charge on any atom is 0.254 e. The predicted octanol–water partition coefficient (Wildman–Crippen LogP) is 4.18. The third-order valence-electron chi connectivity index (χ3n) is 5.05. The number of halogens is 1. The average Bonchev–Trinajstić information content (AvgIpc) is 3.28. The van der Waals surface area contributed by atoms with Crippen LogP contribution in [0.5, 0.6) is 0 Å². The molecular formula is C18H27ClN2O. The molecule has 4 heteroatoms. The van der Waals surface area contributed by atoms with Crippen molar-refractivity contribution in [3.8, 4) is 0 Å². The van der Waals surface area contributed by atoms with E-state index in [1.54, 1.807) is 0 Å². The van der Waals surface area contributed by atoms with Crippen LogP contribution in [-0.2, 0) is 0 Å². The minimum atomic E-state index is 0. The molecule has 1 aromatic rings. The van der Waals surface area contributed by atoms with E-state index in [1.807, 2.05) is 25.1 Å². The molecule has 1 aromatic carbocycles. The molecule has 0 heterocycles. The fraction of sp³-hybridized carbons (Fsp3) is 0.611. The molecule has 1 amide bonds. The van der Waals surface area contributed by atoms with Gasteiger partial charge in [-0.05, 0) is 69.1 Å². The first kappa shape index (κ1) is 17.1. The summed E-state index contributed by atoms with van der Waals surface area (Å²) in [7, 11) is 0. The van der Waals surface area contributed by atoms with Crippen molar-refractivity contribution < 1.29 is 4.79 Å². The summed E-state index contributed by atoms with van der Waals surface area (Å²) < 4.78 is 0. The molecule has 0 unspecified atom stereocenters. The third-order valence-corrected chi connectivity index (χ3v) is 5.05. The first-order valence-corrected chi connectivity index (χ1v) is 8.25. The van der Waals surface area contributed by atoms with Gasteiger partial charge in [0.15, 0.2) is 0 Å². The fourth-order valence-corrected chi connectivity index (χ4v) is 3.51. The van der Waals surface area contributed by atoms with Crippen LogP contribution in [-0.4, -0.2) is 22.9 Å². The zero-order valence-electron chi connectivity index (χ0n) is 13.5. The summed E-state index contributed by atoms with van der Waals surface area (Å²) in [6.45, 7) is 4.32. The van der Waals surface area contributed by atoms with Crippen LogP contribution in [0.2, 0.25) is 0 Å². The van der Waals surface area contributed by atoms with E-state index < -0.39 is 0 Å². The van der Waals surface area contributed by atoms with E-state index >= 15 is 0 Å². The van der Waals surface area contributed by atoms with Crippen LogP contribution < -0.4 is 5.73 Å². The van der Waals surface area contributed by atoms with Crippen LogP contribution in [0, 0.1) is 12.8 Å². The Morgan fingerprint density at radius 2 is 1.64 bits per heavy atom. The van der Waals surface area contributed by atoms with E-state index in [9.17, 15) is 4.79 Å². The van der Waals surface area contributed by atoms with E-state index in [4.69, 9.17) is 5.73 Å². The maximum absolute atomic E-state index is 13.1. The second kappa shape index (κ2) is 6.91. The van der Waals surface area contributed by atoms with Gasteiger partial charge in [0.05, 0.1) is 0 Å². The van der Waals surface area contributed by atoms with Crippen molar-refractivity contribution in [1.82, 2.24) is 4.90 Å². The van der Waals surface area contributed by atoms with Crippen molar-refractivity contribution in [3.63, 3.8) is 0 Å². The second-order valence-electron chi connectivity index (χ2n) is 6.93. The van der Waals surface area contributed by atoms with Crippen LogP contribution in [0.1, 0.15) is 61.4 Å². The molecule has 2 saturated carbocycles. The van der Waals surface area contributed by atoms with Gasteiger partial charge in [0.25, 0.3) is 5.91 Å². The Morgan fingerprint density at radius 1 is 1.09 bits per heavy atom. The average molecular weight is 323 g/mol. The summed E-state index contributed by atoms with van der Waals surface area (Å²) in [5.74, 6) is 1.01. The number of nitrogens with zero attached hydrogens (tertiary/aromatic N) is 1. The Morgan fingerprint density at radius 3 is 2.18 bits per heavy atom. The number of aryl methyl sites for hydroxylation is 1. The van der Waals surface area contributed by atoms with Gasteiger partial charge in [-0.2, -0.15) is 0 Å². The van der Waals surface area contributed by atoms with Crippen molar-refractivity contribution in [3.05, 3.63) is 29.3 Å². The summed E-state index contributed by atoms with van der Waals surface area (Å²) in [6, 6.07) is 6.57. The molecule has 0 radical (unpaired) electrons. The number of amides is 1. The lowest BCUT2D eigenvalue weighted by molar-refractivity contribution is 0.0592. The van der Waals surface area contributed by atoms with Crippen LogP contribution in [0.4, 0.5) is 5.69 Å². The number of rotatable bonds is 3. The molecular weight excluding hydrogens is 296 g/mol. The van der Waals surface area contributed by atoms with Gasteiger partial charge < -0.3 is 10.6 Å². The lowest BCUT2D eigenvalue weighted by atomic mass is 9.86. The van der Waals surface area contributed by atoms with Gasteiger partial charge in [-0.1, -0.05) is 13.0 Å². The zero-order valence-corrected chi connectivity index (χ0v) is 14.4. The van der Waals surface area contributed by atoms with E-state index in [2.05, 4.69) is 11.8 Å². The van der Waals surface area contributed by atoms with Gasteiger partial charge in [-0.3, -0.25) is 4.79 Å². The lowest BCUT2D eigenvalue weighted by Gasteiger charge is -2.36. The molecule has 0 saturated heterocycles. The zero-order chi connectivity index (χ0) is 15.0. The van der Waals surface area contributed by atoms with E-state index in [0.29, 0.717) is 17.8 Å². The lowest BCUT2D eigenvalue weighted by Crippen LogP contribution is -2.44. The summed E-state index contributed by atoms with van der Waals surface area (Å²) in [5.41, 5.74) is 8.38. The largest absolute Gasteiger partial charge is 0.399 e. The minimum absolute atomic E-state index is 0. The number of nitrogens with two attached hydrogens (primary N) is 1. The summed E-state index contributed by atoms with van der Waals surface area (Å²) >= 11 is 0. The first-order valence-electron chi connectivity index (χ1n) is 8.25. The van der Waals surface area contributed by atoms with Gasteiger partial charge in [0.2, 0.25) is 0 Å². The van der Waals surface area contributed by atoms with Crippen LogP contribution in [0.15, 0.2) is 18.2 Å². The second-order valence-corrected chi connectivity index (χ2v) is 6.93. The molecule has 0 aliphatic heterocycles. The number of carbonyl (C=O) groups excluding carboxylic acids is 1. The van der Waals surface area contributed by atoms with Gasteiger partial charge in [-0.25, -0.2) is 0 Å². The molecule has 2 N–H and O–H groups in total. The van der Waals surface area contributed by atoms with Crippen LogP contribution >= 0.6 is 12.4 Å². The third kappa shape index (κ3) is 3.57. The van der Waals surface area contributed by atoms with E-state index in [1.165, 1.54) is 25.7 Å². The molecule has 0 aromatic heterocycles. The molecule has 2 fully saturated rings. The summed E-state index contributed by atoms with van der Waals surface area (Å²) in [4.78, 5) is 15.2. The normalized spacial score (nSPS) is 24.5.